The number of hydrogen-bond donors (Lipinski definition) is 3. The first kappa shape index (κ1) is 19.6. The first-order valence-corrected chi connectivity index (χ1v) is 9.03. The molecule has 2 aromatic rings. The van der Waals surface area contributed by atoms with Gasteiger partial charge in [0.15, 0.2) is 0 Å². The van der Waals surface area contributed by atoms with Crippen LogP contribution in [-0.4, -0.2) is 49.1 Å². The Balaban J connectivity index is 1.72. The van der Waals surface area contributed by atoms with E-state index in [0.29, 0.717) is 22.9 Å². The van der Waals surface area contributed by atoms with E-state index < -0.39 is 0 Å². The largest absolute Gasteiger partial charge is 0.383 e. The van der Waals surface area contributed by atoms with E-state index in [1.807, 2.05) is 12.1 Å². The van der Waals surface area contributed by atoms with Crippen LogP contribution >= 0.6 is 0 Å². The van der Waals surface area contributed by atoms with Gasteiger partial charge >= 0.3 is 0 Å². The van der Waals surface area contributed by atoms with Gasteiger partial charge in [0, 0.05) is 33.1 Å². The quantitative estimate of drug-likeness (QED) is 0.564. The van der Waals surface area contributed by atoms with Crippen molar-refractivity contribution < 1.29 is 14.3 Å². The van der Waals surface area contributed by atoms with Gasteiger partial charge in [0.2, 0.25) is 0 Å². The Morgan fingerprint density at radius 2 is 2.00 bits per heavy atom. The monoisotopic (exact) mass is 384 g/mol. The highest BCUT2D eigenvalue weighted by molar-refractivity contribution is 5.98. The molecule has 9 heteroatoms. The molecule has 28 heavy (non-hydrogen) atoms. The molecule has 1 aliphatic carbocycles. The molecule has 1 saturated carbocycles. The zero-order valence-electron chi connectivity index (χ0n) is 15.9. The van der Waals surface area contributed by atoms with Crippen molar-refractivity contribution in [2.45, 2.75) is 12.8 Å². The minimum absolute atomic E-state index is 0.0129. The number of hydrogen-bond acceptors (Lipinski definition) is 7. The molecule has 3 rings (SSSR count). The van der Waals surface area contributed by atoms with Crippen LogP contribution in [0, 0.1) is 5.92 Å². The number of hydrazine groups is 1. The van der Waals surface area contributed by atoms with Crippen molar-refractivity contribution in [2.75, 3.05) is 43.0 Å². The fourth-order valence-corrected chi connectivity index (χ4v) is 2.58. The summed E-state index contributed by atoms with van der Waals surface area (Å²) in [5.41, 5.74) is 7.98. The molecule has 2 amide bonds. The van der Waals surface area contributed by atoms with Crippen molar-refractivity contribution in [1.29, 1.82) is 0 Å². The van der Waals surface area contributed by atoms with Crippen molar-refractivity contribution >= 4 is 28.9 Å². The van der Waals surface area contributed by atoms with E-state index in [0.717, 1.165) is 12.2 Å². The number of aromatic nitrogens is 2. The zero-order chi connectivity index (χ0) is 19.9. The van der Waals surface area contributed by atoms with Gasteiger partial charge in [0.05, 0.1) is 22.6 Å². The van der Waals surface area contributed by atoms with E-state index in [4.69, 9.17) is 4.74 Å². The number of nitrogens with one attached hydrogen (secondary N) is 3. The Morgan fingerprint density at radius 1 is 1.25 bits per heavy atom. The molecule has 1 heterocycles. The van der Waals surface area contributed by atoms with Crippen LogP contribution in [-0.2, 0) is 9.53 Å². The second kappa shape index (κ2) is 9.14. The molecule has 9 nitrogen and oxygen atoms in total. The molecule has 1 aliphatic rings. The fraction of sp³-hybridized carbons (Fsp3) is 0.368. The first-order valence-electron chi connectivity index (χ1n) is 9.03. The lowest BCUT2D eigenvalue weighted by atomic mass is 10.2. The number of ether oxygens (including phenoxy) is 1. The predicted octanol–water partition coefficient (Wildman–Crippen LogP) is 1.66. The topological polar surface area (TPSA) is 108 Å². The summed E-state index contributed by atoms with van der Waals surface area (Å²) >= 11 is 0. The van der Waals surface area contributed by atoms with Crippen LogP contribution in [0.4, 0.5) is 17.1 Å². The minimum Gasteiger partial charge on any atom is -0.383 e. The van der Waals surface area contributed by atoms with Crippen molar-refractivity contribution in [3.8, 4) is 0 Å². The maximum absolute atomic E-state index is 12.3. The lowest BCUT2D eigenvalue weighted by Gasteiger charge is -2.22. The Morgan fingerprint density at radius 3 is 2.68 bits per heavy atom. The van der Waals surface area contributed by atoms with E-state index in [-0.39, 0.29) is 18.4 Å². The van der Waals surface area contributed by atoms with Crippen molar-refractivity contribution in [1.82, 2.24) is 15.4 Å². The van der Waals surface area contributed by atoms with E-state index in [1.54, 1.807) is 13.1 Å². The molecule has 1 aromatic carbocycles. The first-order chi connectivity index (χ1) is 13.6. The number of methoxy groups -OCH3 is 1. The highest BCUT2D eigenvalue weighted by atomic mass is 16.5. The van der Waals surface area contributed by atoms with Gasteiger partial charge in [0.1, 0.15) is 12.9 Å². The summed E-state index contributed by atoms with van der Waals surface area (Å²) in [7, 11) is 3.18. The number of carbonyl (C=O) groups excluding carboxylic acids is 2. The average Bonchev–Trinajstić information content (AvgIpc) is 3.55. The maximum Gasteiger partial charge on any atom is 0.272 e. The third kappa shape index (κ3) is 5.17. The Hall–Kier alpha value is -3.20. The van der Waals surface area contributed by atoms with Gasteiger partial charge in [-0.3, -0.25) is 20.4 Å². The lowest BCUT2D eigenvalue weighted by Crippen LogP contribution is -2.31. The average molecular weight is 384 g/mol. The number of benzene rings is 1. The summed E-state index contributed by atoms with van der Waals surface area (Å²) in [6.45, 7) is 0.859. The van der Waals surface area contributed by atoms with Crippen LogP contribution in [0.25, 0.3) is 0 Å². The molecule has 3 N–H and O–H groups in total. The Kier molecular flexibility index (Phi) is 6.38. The van der Waals surface area contributed by atoms with Crippen LogP contribution < -0.4 is 21.1 Å². The van der Waals surface area contributed by atoms with Crippen LogP contribution in [0.15, 0.2) is 36.9 Å². The zero-order valence-corrected chi connectivity index (χ0v) is 15.9. The highest BCUT2D eigenvalue weighted by Crippen LogP contribution is 2.33. The molecular formula is C19H24N6O3. The van der Waals surface area contributed by atoms with E-state index in [9.17, 15) is 9.59 Å². The van der Waals surface area contributed by atoms with Crippen molar-refractivity contribution in [2.24, 2.45) is 5.92 Å². The predicted molar refractivity (Wildman–Crippen MR) is 106 cm³/mol. The second-order valence-corrected chi connectivity index (χ2v) is 6.65. The third-order valence-electron chi connectivity index (χ3n) is 4.42. The molecule has 148 valence electrons. The molecule has 0 spiro atoms. The fourth-order valence-electron chi connectivity index (χ4n) is 2.58. The van der Waals surface area contributed by atoms with E-state index in [2.05, 4.69) is 26.1 Å². The van der Waals surface area contributed by atoms with Gasteiger partial charge in [-0.1, -0.05) is 0 Å². The molecule has 1 fully saturated rings. The summed E-state index contributed by atoms with van der Waals surface area (Å²) in [6, 6.07) is 5.51. The van der Waals surface area contributed by atoms with Crippen LogP contribution in [0.2, 0.25) is 0 Å². The Labute approximate surface area is 163 Å². The summed E-state index contributed by atoms with van der Waals surface area (Å²) in [4.78, 5) is 33.6. The summed E-state index contributed by atoms with van der Waals surface area (Å²) in [6.07, 6.45) is 6.68. The number of amides is 2. The molecule has 0 radical (unpaired) electrons. The van der Waals surface area contributed by atoms with E-state index in [1.165, 1.54) is 43.6 Å². The van der Waals surface area contributed by atoms with Gasteiger partial charge in [-0.05, 0) is 37.0 Å². The number of carbonyl (C=O) groups is 2. The molecule has 0 bridgehead atoms. The second-order valence-electron chi connectivity index (χ2n) is 6.65. The molecule has 0 atom stereocenters. The smallest absolute Gasteiger partial charge is 0.272 e. The van der Waals surface area contributed by atoms with E-state index >= 15 is 0 Å². The molecule has 0 saturated heterocycles. The number of anilines is 3. The minimum atomic E-state index is -0.359. The summed E-state index contributed by atoms with van der Waals surface area (Å²) < 4.78 is 4.96. The third-order valence-corrected chi connectivity index (χ3v) is 4.42. The normalized spacial score (nSPS) is 12.9. The lowest BCUT2D eigenvalue weighted by molar-refractivity contribution is -0.121. The number of likely N-dealkylation sites (N-methyl/N-ethyl adjacent to an activating group) is 1. The van der Waals surface area contributed by atoms with Crippen LogP contribution in [0.3, 0.4) is 0 Å². The number of rotatable bonds is 9. The number of nitrogens with zero attached hydrogens (tertiary/aromatic N) is 3. The van der Waals surface area contributed by atoms with Crippen LogP contribution in [0.5, 0.6) is 0 Å². The van der Waals surface area contributed by atoms with Gasteiger partial charge in [-0.25, -0.2) is 9.97 Å². The molecule has 1 aromatic heterocycles. The highest BCUT2D eigenvalue weighted by Gasteiger charge is 2.22. The summed E-state index contributed by atoms with van der Waals surface area (Å²) in [5, 5.41) is 3.40. The standard InChI is InChI=1S/C19H24N6O3/c1-25(18(26)11-28-2)17-7-15(5-6-16(17)22-8-13-3-4-13)23-24-19(27)14-9-20-12-21-10-14/h5-7,9-10,12-13,22-23H,3-4,8,11H2,1-2H3,(H,24,27). The van der Waals surface area contributed by atoms with Gasteiger partial charge < -0.3 is 15.0 Å². The molecule has 0 unspecified atom stereocenters. The van der Waals surface area contributed by atoms with Crippen molar-refractivity contribution in [3.63, 3.8) is 0 Å². The molecule has 0 aliphatic heterocycles. The van der Waals surface area contributed by atoms with Crippen molar-refractivity contribution in [3.05, 3.63) is 42.5 Å². The van der Waals surface area contributed by atoms with Gasteiger partial charge in [-0.2, -0.15) is 0 Å². The van der Waals surface area contributed by atoms with Crippen LogP contribution in [0.1, 0.15) is 23.2 Å². The van der Waals surface area contributed by atoms with Gasteiger partial charge in [-0.15, -0.1) is 0 Å². The summed E-state index contributed by atoms with van der Waals surface area (Å²) in [5.74, 6) is 0.166. The van der Waals surface area contributed by atoms with Gasteiger partial charge in [0.25, 0.3) is 11.8 Å². The SMILES string of the molecule is COCC(=O)N(C)c1cc(NNC(=O)c2cncnc2)ccc1NCC1CC1. The molecular weight excluding hydrogens is 360 g/mol. The maximum atomic E-state index is 12.3. The Bertz CT molecular complexity index is 826.